The first kappa shape index (κ1) is 16.4. The number of benzene rings is 1. The Kier molecular flexibility index (Phi) is 5.32. The van der Waals surface area contributed by atoms with Gasteiger partial charge in [0.25, 0.3) is 0 Å². The smallest absolute Gasteiger partial charge is 0.240 e. The fourth-order valence-electron chi connectivity index (χ4n) is 2.51. The van der Waals surface area contributed by atoms with Gasteiger partial charge in [0, 0.05) is 11.6 Å². The minimum absolute atomic E-state index is 0.115. The largest absolute Gasteiger partial charge is 0.391 e. The second-order valence-electron chi connectivity index (χ2n) is 5.33. The molecule has 0 amide bonds. The van der Waals surface area contributed by atoms with Crippen LogP contribution in [0.1, 0.15) is 37.7 Å². The number of nitrogens with two attached hydrogens (primary N) is 1. The summed E-state index contributed by atoms with van der Waals surface area (Å²) in [5.74, 6) is 0. The van der Waals surface area contributed by atoms with E-state index >= 15 is 0 Å². The quantitative estimate of drug-likeness (QED) is 0.572. The van der Waals surface area contributed by atoms with Crippen molar-refractivity contribution in [2.75, 3.05) is 0 Å². The van der Waals surface area contributed by atoms with Crippen LogP contribution in [0.3, 0.4) is 0 Å². The molecule has 1 fully saturated rings. The Labute approximate surface area is 130 Å². The van der Waals surface area contributed by atoms with Gasteiger partial charge in [-0.05, 0) is 25.0 Å². The summed E-state index contributed by atoms with van der Waals surface area (Å²) in [7, 11) is -3.69. The van der Waals surface area contributed by atoms with Gasteiger partial charge in [0.15, 0.2) is 0 Å². The summed E-state index contributed by atoms with van der Waals surface area (Å²) in [5, 5.41) is 10.0. The van der Waals surface area contributed by atoms with Gasteiger partial charge in [0.05, 0.1) is 11.0 Å². The monoisotopic (exact) mass is 328 g/mol. The zero-order valence-electron chi connectivity index (χ0n) is 11.7. The second kappa shape index (κ2) is 6.83. The zero-order chi connectivity index (χ0) is 15.5. The normalized spacial score (nSPS) is 23.5. The Morgan fingerprint density at radius 1 is 1.29 bits per heavy atom. The van der Waals surface area contributed by atoms with E-state index < -0.39 is 22.2 Å². The van der Waals surface area contributed by atoms with Gasteiger partial charge in [0.2, 0.25) is 10.0 Å². The van der Waals surface area contributed by atoms with Crippen molar-refractivity contribution in [1.29, 1.82) is 0 Å². The summed E-state index contributed by atoms with van der Waals surface area (Å²) in [5.41, 5.74) is 6.04. The van der Waals surface area contributed by atoms with Crippen molar-refractivity contribution in [3.05, 3.63) is 29.8 Å². The summed E-state index contributed by atoms with van der Waals surface area (Å²) in [4.78, 5) is 0.269. The van der Waals surface area contributed by atoms with Crippen molar-refractivity contribution >= 4 is 27.2 Å². The summed E-state index contributed by atoms with van der Waals surface area (Å²) in [6.45, 7) is 0. The lowest BCUT2D eigenvalue weighted by Crippen LogP contribution is -2.42. The fourth-order valence-corrected chi connectivity index (χ4v) is 3.99. The molecule has 4 N–H and O–H groups in total. The first-order chi connectivity index (χ1) is 9.90. The number of rotatable bonds is 4. The highest BCUT2D eigenvalue weighted by molar-refractivity contribution is 7.89. The van der Waals surface area contributed by atoms with Crippen LogP contribution in [0.25, 0.3) is 0 Å². The lowest BCUT2D eigenvalue weighted by molar-refractivity contribution is 0.130. The molecule has 7 heteroatoms. The lowest BCUT2D eigenvalue weighted by atomic mass is 10.1. The highest BCUT2D eigenvalue weighted by atomic mass is 32.2. The van der Waals surface area contributed by atoms with E-state index in [1.54, 1.807) is 12.1 Å². The van der Waals surface area contributed by atoms with Crippen LogP contribution in [0, 0.1) is 0 Å². The molecule has 2 rings (SSSR count). The Bertz CT molecular complexity index is 616. The van der Waals surface area contributed by atoms with Gasteiger partial charge >= 0.3 is 0 Å². The predicted molar refractivity (Wildman–Crippen MR) is 85.5 cm³/mol. The topological polar surface area (TPSA) is 92.4 Å². The maximum atomic E-state index is 12.4. The lowest BCUT2D eigenvalue weighted by Gasteiger charge is -2.21. The highest BCUT2D eigenvalue weighted by Crippen LogP contribution is 2.20. The van der Waals surface area contributed by atoms with Crippen molar-refractivity contribution in [2.45, 2.75) is 49.1 Å². The molecule has 1 saturated carbocycles. The molecule has 1 aliphatic carbocycles. The van der Waals surface area contributed by atoms with Gasteiger partial charge in [-0.15, -0.1) is 0 Å². The number of hydrogen-bond donors (Lipinski definition) is 3. The third-order valence-corrected chi connectivity index (χ3v) is 5.44. The molecule has 5 nitrogen and oxygen atoms in total. The van der Waals surface area contributed by atoms with Crippen molar-refractivity contribution in [3.8, 4) is 0 Å². The zero-order valence-corrected chi connectivity index (χ0v) is 13.3. The van der Waals surface area contributed by atoms with Crippen LogP contribution in [0.4, 0.5) is 0 Å². The SMILES string of the molecule is NC(=S)c1cccc(S(=O)(=O)NC2CCCCCC2O)c1. The Morgan fingerprint density at radius 3 is 2.71 bits per heavy atom. The molecular weight excluding hydrogens is 308 g/mol. The van der Waals surface area contributed by atoms with Crippen molar-refractivity contribution in [3.63, 3.8) is 0 Å². The molecule has 1 aromatic rings. The molecule has 0 bridgehead atoms. The molecule has 21 heavy (non-hydrogen) atoms. The number of hydrogen-bond acceptors (Lipinski definition) is 4. The molecule has 1 aromatic carbocycles. The number of aliphatic hydroxyl groups is 1. The van der Waals surface area contributed by atoms with Gasteiger partial charge in [-0.2, -0.15) is 0 Å². The number of thiocarbonyl (C=S) groups is 1. The fraction of sp³-hybridized carbons (Fsp3) is 0.500. The molecule has 0 saturated heterocycles. The van der Waals surface area contributed by atoms with E-state index in [1.165, 1.54) is 12.1 Å². The van der Waals surface area contributed by atoms with E-state index in [1.807, 2.05) is 0 Å². The first-order valence-corrected chi connectivity index (χ1v) is 8.89. The third kappa shape index (κ3) is 4.23. The molecule has 1 aliphatic rings. The van der Waals surface area contributed by atoms with E-state index in [-0.39, 0.29) is 9.88 Å². The predicted octanol–water partition coefficient (Wildman–Crippen LogP) is 1.29. The first-order valence-electron chi connectivity index (χ1n) is 7.00. The van der Waals surface area contributed by atoms with Crippen LogP contribution < -0.4 is 10.5 Å². The minimum atomic E-state index is -3.69. The van der Waals surface area contributed by atoms with Crippen LogP contribution in [0.5, 0.6) is 0 Å². The Morgan fingerprint density at radius 2 is 2.00 bits per heavy atom. The third-order valence-electron chi connectivity index (χ3n) is 3.71. The maximum absolute atomic E-state index is 12.4. The van der Waals surface area contributed by atoms with E-state index in [0.29, 0.717) is 18.4 Å². The standard InChI is InChI=1S/C14H20N2O3S2/c15-14(20)10-5-4-6-11(9-10)21(18,19)16-12-7-2-1-3-8-13(12)17/h4-6,9,12-13,16-17H,1-3,7-8H2,(H2,15,20). The molecule has 0 aromatic heterocycles. The summed E-state index contributed by atoms with van der Waals surface area (Å²) in [6, 6.07) is 5.78. The average molecular weight is 328 g/mol. The van der Waals surface area contributed by atoms with Crippen molar-refractivity contribution in [2.24, 2.45) is 5.73 Å². The van der Waals surface area contributed by atoms with Crippen LogP contribution in [0.15, 0.2) is 29.2 Å². The molecule has 0 spiro atoms. The minimum Gasteiger partial charge on any atom is -0.391 e. The summed E-state index contributed by atoms with van der Waals surface area (Å²) < 4.78 is 27.5. The van der Waals surface area contributed by atoms with Gasteiger partial charge in [-0.3, -0.25) is 0 Å². The number of aliphatic hydroxyl groups excluding tert-OH is 1. The van der Waals surface area contributed by atoms with E-state index in [2.05, 4.69) is 4.72 Å². The average Bonchev–Trinajstić information content (AvgIpc) is 2.64. The highest BCUT2D eigenvalue weighted by Gasteiger charge is 2.27. The maximum Gasteiger partial charge on any atom is 0.240 e. The Hall–Kier alpha value is -1.02. The number of sulfonamides is 1. The van der Waals surface area contributed by atoms with Gasteiger partial charge in [-0.1, -0.05) is 43.6 Å². The van der Waals surface area contributed by atoms with Crippen LogP contribution in [0.2, 0.25) is 0 Å². The Balaban J connectivity index is 2.21. The second-order valence-corrected chi connectivity index (χ2v) is 7.48. The van der Waals surface area contributed by atoms with Crippen LogP contribution in [-0.4, -0.2) is 30.7 Å². The van der Waals surface area contributed by atoms with Crippen molar-refractivity contribution < 1.29 is 13.5 Å². The van der Waals surface area contributed by atoms with Crippen molar-refractivity contribution in [1.82, 2.24) is 4.72 Å². The van der Waals surface area contributed by atoms with Gasteiger partial charge < -0.3 is 10.8 Å². The van der Waals surface area contributed by atoms with Gasteiger partial charge in [-0.25, -0.2) is 13.1 Å². The molecule has 0 heterocycles. The molecule has 116 valence electrons. The van der Waals surface area contributed by atoms with Crippen LogP contribution in [-0.2, 0) is 10.0 Å². The van der Waals surface area contributed by atoms with E-state index in [9.17, 15) is 13.5 Å². The molecular formula is C14H20N2O3S2. The molecule has 2 unspecified atom stereocenters. The van der Waals surface area contributed by atoms with Gasteiger partial charge in [0.1, 0.15) is 4.99 Å². The summed E-state index contributed by atoms with van der Waals surface area (Å²) in [6.07, 6.45) is 3.50. The van der Waals surface area contributed by atoms with E-state index in [4.69, 9.17) is 18.0 Å². The molecule has 0 radical (unpaired) electrons. The van der Waals surface area contributed by atoms with Crippen LogP contribution >= 0.6 is 12.2 Å². The van der Waals surface area contributed by atoms with E-state index in [0.717, 1.165) is 19.3 Å². The number of nitrogens with one attached hydrogen (secondary N) is 1. The molecule has 2 atom stereocenters. The summed E-state index contributed by atoms with van der Waals surface area (Å²) >= 11 is 4.87. The molecule has 0 aliphatic heterocycles.